The largest absolute Gasteiger partial charge is 0.377 e. The smallest absolute Gasteiger partial charge is 0.0960 e. The van der Waals surface area contributed by atoms with Gasteiger partial charge in [-0.15, -0.1) is 11.8 Å². The minimum Gasteiger partial charge on any atom is -0.377 e. The molecule has 1 N–H and O–H groups in total. The number of ether oxygens (including phenoxy) is 1. The minimum absolute atomic E-state index is 0.379. The molecule has 0 bridgehead atoms. The predicted molar refractivity (Wildman–Crippen MR) is 80.6 cm³/mol. The van der Waals surface area contributed by atoms with Crippen molar-refractivity contribution in [2.45, 2.75) is 50.3 Å². The van der Waals surface area contributed by atoms with Crippen LogP contribution in [0.25, 0.3) is 0 Å². The highest BCUT2D eigenvalue weighted by Crippen LogP contribution is 2.23. The molecule has 1 aromatic heterocycles. The summed E-state index contributed by atoms with van der Waals surface area (Å²) in [6.45, 7) is 6.35. The Morgan fingerprint density at radius 2 is 2.42 bits per heavy atom. The van der Waals surface area contributed by atoms with Crippen LogP contribution in [0.5, 0.6) is 0 Å². The van der Waals surface area contributed by atoms with Gasteiger partial charge in [0.15, 0.2) is 0 Å². The summed E-state index contributed by atoms with van der Waals surface area (Å²) in [5, 5.41) is 4.58. The number of hydrogen-bond acceptors (Lipinski definition) is 4. The van der Waals surface area contributed by atoms with E-state index in [1.54, 1.807) is 11.8 Å². The summed E-state index contributed by atoms with van der Waals surface area (Å²) in [7, 11) is 0. The zero-order valence-electron chi connectivity index (χ0n) is 11.9. The molecule has 1 fully saturated rings. The fraction of sp³-hybridized carbons (Fsp3) is 0.667. The van der Waals surface area contributed by atoms with E-state index in [0.29, 0.717) is 12.1 Å². The van der Waals surface area contributed by atoms with Gasteiger partial charge in [0.2, 0.25) is 0 Å². The van der Waals surface area contributed by atoms with E-state index in [9.17, 15) is 0 Å². The first-order valence-electron chi connectivity index (χ1n) is 7.23. The number of thioether (sulfide) groups is 1. The molecule has 2 heterocycles. The van der Waals surface area contributed by atoms with Crippen molar-refractivity contribution in [1.82, 2.24) is 10.3 Å². The summed E-state index contributed by atoms with van der Waals surface area (Å²) in [6, 6.07) is 4.68. The van der Waals surface area contributed by atoms with Gasteiger partial charge in [0.25, 0.3) is 0 Å². The van der Waals surface area contributed by atoms with Crippen molar-refractivity contribution < 1.29 is 4.74 Å². The average Bonchev–Trinajstić information content (AvgIpc) is 2.96. The van der Waals surface area contributed by atoms with E-state index in [-0.39, 0.29) is 0 Å². The van der Waals surface area contributed by atoms with Gasteiger partial charge >= 0.3 is 0 Å². The molecule has 1 saturated heterocycles. The zero-order valence-corrected chi connectivity index (χ0v) is 12.7. The van der Waals surface area contributed by atoms with Crippen molar-refractivity contribution in [2.24, 2.45) is 0 Å². The molecule has 1 aliphatic heterocycles. The molecule has 0 aliphatic carbocycles. The lowest BCUT2D eigenvalue weighted by Gasteiger charge is -2.13. The second kappa shape index (κ2) is 7.88. The minimum atomic E-state index is 0.379. The van der Waals surface area contributed by atoms with E-state index in [0.717, 1.165) is 30.4 Å². The van der Waals surface area contributed by atoms with Crippen molar-refractivity contribution >= 4 is 11.8 Å². The van der Waals surface area contributed by atoms with Crippen LogP contribution in [0.15, 0.2) is 23.4 Å². The van der Waals surface area contributed by atoms with E-state index in [1.165, 1.54) is 18.4 Å². The number of hydrogen-bond donors (Lipinski definition) is 1. The maximum absolute atomic E-state index is 5.62. The Morgan fingerprint density at radius 1 is 1.53 bits per heavy atom. The van der Waals surface area contributed by atoms with Gasteiger partial charge in [0, 0.05) is 24.6 Å². The zero-order chi connectivity index (χ0) is 13.5. The van der Waals surface area contributed by atoms with Crippen LogP contribution in [0.1, 0.15) is 44.7 Å². The highest BCUT2D eigenvalue weighted by molar-refractivity contribution is 7.99. The summed E-state index contributed by atoms with van der Waals surface area (Å²) in [5.41, 5.74) is 1.26. The molecular weight excluding hydrogens is 256 g/mol. The molecule has 2 atom stereocenters. The van der Waals surface area contributed by atoms with E-state index >= 15 is 0 Å². The van der Waals surface area contributed by atoms with Crippen molar-refractivity contribution in [3.05, 3.63) is 23.9 Å². The SMILES string of the molecule is CCCNC(C)c1ccc(SCC2CCCO2)nc1. The second-order valence-corrected chi connectivity index (χ2v) is 6.09. The Hall–Kier alpha value is -0.580. The Labute approximate surface area is 120 Å². The first-order chi connectivity index (χ1) is 9.29. The van der Waals surface area contributed by atoms with Gasteiger partial charge in [-0.3, -0.25) is 0 Å². The molecule has 1 aliphatic rings. The third-order valence-electron chi connectivity index (χ3n) is 3.40. The normalized spacial score (nSPS) is 20.6. The summed E-state index contributed by atoms with van der Waals surface area (Å²) >= 11 is 1.80. The molecule has 19 heavy (non-hydrogen) atoms. The van der Waals surface area contributed by atoms with Crippen LogP contribution in [0.4, 0.5) is 0 Å². The van der Waals surface area contributed by atoms with Crippen LogP contribution in [0, 0.1) is 0 Å². The van der Waals surface area contributed by atoms with Crippen molar-refractivity contribution in [3.8, 4) is 0 Å². The lowest BCUT2D eigenvalue weighted by atomic mass is 10.1. The monoisotopic (exact) mass is 280 g/mol. The van der Waals surface area contributed by atoms with Gasteiger partial charge in [-0.1, -0.05) is 13.0 Å². The van der Waals surface area contributed by atoms with Gasteiger partial charge in [-0.2, -0.15) is 0 Å². The molecule has 1 aromatic rings. The van der Waals surface area contributed by atoms with Gasteiger partial charge in [0.1, 0.15) is 0 Å². The van der Waals surface area contributed by atoms with Crippen molar-refractivity contribution in [3.63, 3.8) is 0 Å². The standard InChI is InChI=1S/C15H24N2OS/c1-3-8-16-12(2)13-6-7-15(17-10-13)19-11-14-5-4-9-18-14/h6-7,10,12,14,16H,3-5,8-9,11H2,1-2H3. The Bertz CT molecular complexity index is 363. The molecule has 2 rings (SSSR count). The van der Waals surface area contributed by atoms with Crippen molar-refractivity contribution in [2.75, 3.05) is 18.9 Å². The molecule has 106 valence electrons. The molecule has 3 nitrogen and oxygen atoms in total. The number of pyridine rings is 1. The molecule has 0 radical (unpaired) electrons. The third kappa shape index (κ3) is 4.79. The number of aromatic nitrogens is 1. The van der Waals surface area contributed by atoms with E-state index in [4.69, 9.17) is 4.74 Å². The van der Waals surface area contributed by atoms with Gasteiger partial charge in [-0.05, 0) is 44.4 Å². The summed E-state index contributed by atoms with van der Waals surface area (Å²) in [4.78, 5) is 4.54. The van der Waals surface area contributed by atoms with Gasteiger partial charge < -0.3 is 10.1 Å². The van der Waals surface area contributed by atoms with Crippen molar-refractivity contribution in [1.29, 1.82) is 0 Å². The summed E-state index contributed by atoms with van der Waals surface area (Å²) < 4.78 is 5.62. The number of nitrogens with one attached hydrogen (secondary N) is 1. The van der Waals surface area contributed by atoms with Gasteiger partial charge in [-0.25, -0.2) is 4.98 Å². The van der Waals surface area contributed by atoms with Crippen LogP contribution >= 0.6 is 11.8 Å². The van der Waals surface area contributed by atoms with Gasteiger partial charge in [0.05, 0.1) is 11.1 Å². The summed E-state index contributed by atoms with van der Waals surface area (Å²) in [6.07, 6.45) is 5.98. The second-order valence-electron chi connectivity index (χ2n) is 5.05. The van der Waals surface area contributed by atoms with E-state index < -0.39 is 0 Å². The maximum atomic E-state index is 5.62. The molecular formula is C15H24N2OS. The molecule has 0 aromatic carbocycles. The first-order valence-corrected chi connectivity index (χ1v) is 8.22. The fourth-order valence-corrected chi connectivity index (χ4v) is 3.08. The quantitative estimate of drug-likeness (QED) is 0.776. The highest BCUT2D eigenvalue weighted by Gasteiger charge is 2.15. The molecule has 2 unspecified atom stereocenters. The third-order valence-corrected chi connectivity index (χ3v) is 4.48. The Balaban J connectivity index is 1.80. The van der Waals surface area contributed by atoms with Crippen LogP contribution in [0.2, 0.25) is 0 Å². The lowest BCUT2D eigenvalue weighted by molar-refractivity contribution is 0.129. The molecule has 4 heteroatoms. The molecule has 0 spiro atoms. The average molecular weight is 280 g/mol. The number of nitrogens with zero attached hydrogens (tertiary/aromatic N) is 1. The Morgan fingerprint density at radius 3 is 3.05 bits per heavy atom. The summed E-state index contributed by atoms with van der Waals surface area (Å²) in [5.74, 6) is 1.02. The predicted octanol–water partition coefficient (Wildman–Crippen LogP) is 3.41. The molecule has 0 amide bonds. The Kier molecular flexibility index (Phi) is 6.14. The van der Waals surface area contributed by atoms with Crippen LogP contribution in [-0.2, 0) is 4.74 Å². The maximum Gasteiger partial charge on any atom is 0.0960 e. The van der Waals surface area contributed by atoms with E-state index in [2.05, 4.69) is 36.3 Å². The van der Waals surface area contributed by atoms with Crippen LogP contribution in [-0.4, -0.2) is 30.0 Å². The lowest BCUT2D eigenvalue weighted by Crippen LogP contribution is -2.19. The first kappa shape index (κ1) is 14.8. The van der Waals surface area contributed by atoms with E-state index in [1.807, 2.05) is 6.20 Å². The van der Waals surface area contributed by atoms with Crippen LogP contribution in [0.3, 0.4) is 0 Å². The highest BCUT2D eigenvalue weighted by atomic mass is 32.2. The fourth-order valence-electron chi connectivity index (χ4n) is 2.17. The number of rotatable bonds is 7. The topological polar surface area (TPSA) is 34.1 Å². The van der Waals surface area contributed by atoms with Crippen LogP contribution < -0.4 is 5.32 Å². The molecule has 0 saturated carbocycles.